The number of aromatic nitrogens is 9. The van der Waals surface area contributed by atoms with Crippen LogP contribution in [0.4, 0.5) is 0 Å². The van der Waals surface area contributed by atoms with E-state index >= 15 is 0 Å². The summed E-state index contributed by atoms with van der Waals surface area (Å²) in [5.41, 5.74) is 21.4. The molecule has 0 atom stereocenters. The molecule has 0 saturated heterocycles. The van der Waals surface area contributed by atoms with Crippen molar-refractivity contribution in [3.63, 3.8) is 0 Å². The molecule has 0 bridgehead atoms. The Morgan fingerprint density at radius 3 is 1.04 bits per heavy atom. The van der Waals surface area contributed by atoms with Crippen molar-refractivity contribution in [2.45, 2.75) is 111 Å². The monoisotopic (exact) mass is 987 g/mol. The van der Waals surface area contributed by atoms with Gasteiger partial charge in [0.2, 0.25) is 0 Å². The summed E-state index contributed by atoms with van der Waals surface area (Å²) >= 11 is -1.50. The van der Waals surface area contributed by atoms with E-state index in [4.69, 9.17) is 46.7 Å². The van der Waals surface area contributed by atoms with E-state index in [9.17, 15) is 0 Å². The second kappa shape index (κ2) is 22.1. The van der Waals surface area contributed by atoms with Crippen LogP contribution in [0.15, 0.2) is 91.4 Å². The average molecular weight is 988 g/mol. The molecule has 0 radical (unpaired) electrons. The summed E-state index contributed by atoms with van der Waals surface area (Å²) in [6, 6.07) is 26.2. The van der Waals surface area contributed by atoms with Crippen molar-refractivity contribution in [1.29, 1.82) is 0 Å². The maximum atomic E-state index is 8.29. The van der Waals surface area contributed by atoms with Crippen molar-refractivity contribution in [2.24, 2.45) is 21.1 Å². The van der Waals surface area contributed by atoms with Gasteiger partial charge in [0.1, 0.15) is 17.1 Å². The van der Waals surface area contributed by atoms with Crippen LogP contribution in [0.3, 0.4) is 0 Å². The summed E-state index contributed by atoms with van der Waals surface area (Å²) in [6.07, 6.45) is 16.0. The van der Waals surface area contributed by atoms with Gasteiger partial charge in [0.25, 0.3) is 0 Å². The molecule has 0 amide bonds. The second-order valence-corrected chi connectivity index (χ2v) is 19.4. The third-order valence-electron chi connectivity index (χ3n) is 13.7. The predicted octanol–water partition coefficient (Wildman–Crippen LogP) is 11.6. The quantitative estimate of drug-likeness (QED) is 0.143. The van der Waals surface area contributed by atoms with E-state index in [0.717, 1.165) is 98.3 Å². The van der Waals surface area contributed by atoms with Gasteiger partial charge in [-0.05, 0) is 183 Å². The Labute approximate surface area is 422 Å². The highest BCUT2D eigenvalue weighted by Crippen LogP contribution is 2.43. The molecule has 0 N–H and O–H groups in total. The number of hydrogen-bond acceptors (Lipinski definition) is 10. The van der Waals surface area contributed by atoms with E-state index in [1.165, 1.54) is 88.6 Å². The van der Waals surface area contributed by atoms with Crippen molar-refractivity contribution in [3.8, 4) is 34.6 Å². The number of benzene rings is 3. The number of fused-ring (bicyclic) bond motifs is 3. The van der Waals surface area contributed by atoms with E-state index in [0.29, 0.717) is 0 Å². The number of imidazole rings is 3. The van der Waals surface area contributed by atoms with E-state index in [1.54, 1.807) is 0 Å². The zero-order valence-corrected chi connectivity index (χ0v) is 43.7. The average Bonchev–Trinajstić information content (AvgIpc) is 4.26. The predicted molar refractivity (Wildman–Crippen MR) is 283 cm³/mol. The fourth-order valence-electron chi connectivity index (χ4n) is 9.31. The van der Waals surface area contributed by atoms with Crippen molar-refractivity contribution >= 4 is 56.2 Å². The minimum atomic E-state index is -0.750. The Morgan fingerprint density at radius 2 is 0.746 bits per heavy atom. The van der Waals surface area contributed by atoms with Gasteiger partial charge in [0.15, 0.2) is 17.5 Å². The second-order valence-electron chi connectivity index (χ2n) is 19.1. The molecule has 3 fully saturated rings. The van der Waals surface area contributed by atoms with Crippen LogP contribution >= 0.6 is 0 Å². The molecule has 3 aliphatic carbocycles. The Balaban J connectivity index is 0.000000135. The summed E-state index contributed by atoms with van der Waals surface area (Å²) in [7, 11) is 6.22. The number of aryl methyl sites for hydroxylation is 9. The van der Waals surface area contributed by atoms with Crippen LogP contribution in [0.25, 0.3) is 67.7 Å². The standard InChI is InChI=1S/2C19H21N3.C18H19N3.2O2S/c2*1-4-13-10-15(14-6-7-14)11-20-18(13)19-21-16-9-12(2)5-8-17(16)22(19)3;1-11-4-7-16-15(8-11)20-18(21(16)3)17-12(2)9-14(10-19-17)13-5-6-13;2*1-3-2/h2*5,8-11,14H,4,6-7H2,1-3H3;4,7-10,13H,5-6H2,1-3H3;;. The lowest BCUT2D eigenvalue weighted by molar-refractivity contribution is 0.628. The smallest absolute Gasteiger partial charge is 0.326 e. The minimum absolute atomic E-state index is 0.744. The van der Waals surface area contributed by atoms with Crippen molar-refractivity contribution in [3.05, 3.63) is 141 Å². The van der Waals surface area contributed by atoms with Crippen LogP contribution in [0, 0.1) is 27.7 Å². The topological polar surface area (TPSA) is 160 Å². The van der Waals surface area contributed by atoms with Gasteiger partial charge >= 0.3 is 23.1 Å². The summed E-state index contributed by atoms with van der Waals surface area (Å²) in [5, 5.41) is 0. The molecule has 13 nitrogen and oxygen atoms in total. The third kappa shape index (κ3) is 11.4. The molecule has 3 aliphatic rings. The van der Waals surface area contributed by atoms with Gasteiger partial charge in [0.05, 0.1) is 33.1 Å². The van der Waals surface area contributed by atoms with Gasteiger partial charge in [-0.3, -0.25) is 15.0 Å². The Hall–Kier alpha value is -6.84. The molecular weight excluding hydrogens is 927 g/mol. The van der Waals surface area contributed by atoms with Gasteiger partial charge < -0.3 is 13.7 Å². The molecule has 71 heavy (non-hydrogen) atoms. The molecule has 3 aromatic carbocycles. The summed E-state index contributed by atoms with van der Waals surface area (Å²) in [6.45, 7) is 12.8. The lowest BCUT2D eigenvalue weighted by atomic mass is 10.1. The first-order valence-electron chi connectivity index (χ1n) is 24.4. The van der Waals surface area contributed by atoms with Crippen LogP contribution < -0.4 is 0 Å². The Bertz CT molecular complexity index is 3320. The number of rotatable bonds is 8. The largest absolute Gasteiger partial charge is 0.335 e. The SMILES string of the molecule is CCc1cc(C2CC2)cnc1-c1nc2cc(C)ccc2n1C.CCc1cc(C2CC2)cnc1-c1nc2cc(C)ccc2n1C.Cc1ccc2c(c1)nc(-c1ncc(C3CC3)cc1C)n2C.O=S=O.O=S=O. The molecule has 6 aromatic heterocycles. The van der Waals surface area contributed by atoms with Gasteiger partial charge in [0, 0.05) is 39.7 Å². The molecule has 3 saturated carbocycles. The molecule has 0 unspecified atom stereocenters. The number of pyridine rings is 3. The zero-order chi connectivity index (χ0) is 50.5. The molecule has 366 valence electrons. The fraction of sp³-hybridized carbons (Fsp3) is 0.357. The van der Waals surface area contributed by atoms with E-state index in [1.807, 2.05) is 6.20 Å². The molecule has 6 heterocycles. The molecule has 0 spiro atoms. The van der Waals surface area contributed by atoms with Crippen LogP contribution in [-0.2, 0) is 57.1 Å². The first-order chi connectivity index (χ1) is 34.3. The van der Waals surface area contributed by atoms with Crippen LogP contribution in [0.2, 0.25) is 0 Å². The number of hydrogen-bond donors (Lipinski definition) is 0. The van der Waals surface area contributed by atoms with Crippen LogP contribution in [0.1, 0.15) is 120 Å². The van der Waals surface area contributed by atoms with Gasteiger partial charge in [-0.1, -0.05) is 50.2 Å². The lowest BCUT2D eigenvalue weighted by Crippen LogP contribution is -2.00. The van der Waals surface area contributed by atoms with Crippen LogP contribution in [0.5, 0.6) is 0 Å². The van der Waals surface area contributed by atoms with Gasteiger partial charge in [-0.15, -0.1) is 0 Å². The molecule has 12 rings (SSSR count). The van der Waals surface area contributed by atoms with Crippen molar-refractivity contribution < 1.29 is 16.8 Å². The lowest BCUT2D eigenvalue weighted by Gasteiger charge is -2.09. The van der Waals surface area contributed by atoms with Gasteiger partial charge in [-0.25, -0.2) is 15.0 Å². The molecule has 15 heteroatoms. The minimum Gasteiger partial charge on any atom is -0.326 e. The summed E-state index contributed by atoms with van der Waals surface area (Å²) in [5.74, 6) is 5.13. The van der Waals surface area contributed by atoms with Crippen molar-refractivity contribution in [1.82, 2.24) is 43.6 Å². The summed E-state index contributed by atoms with van der Waals surface area (Å²) in [4.78, 5) is 28.7. The maximum Gasteiger partial charge on any atom is 0.335 e. The fourth-order valence-corrected chi connectivity index (χ4v) is 9.31. The summed E-state index contributed by atoms with van der Waals surface area (Å²) < 4.78 is 39.6. The highest BCUT2D eigenvalue weighted by atomic mass is 32.1. The maximum absolute atomic E-state index is 8.29. The van der Waals surface area contributed by atoms with E-state index in [-0.39, 0.29) is 0 Å². The van der Waals surface area contributed by atoms with Crippen molar-refractivity contribution in [2.75, 3.05) is 0 Å². The number of nitrogens with zero attached hydrogens (tertiary/aromatic N) is 9. The highest BCUT2D eigenvalue weighted by molar-refractivity contribution is 7.51. The molecule has 9 aromatic rings. The first-order valence-corrected chi connectivity index (χ1v) is 25.7. The third-order valence-corrected chi connectivity index (χ3v) is 13.7. The normalized spacial score (nSPS) is 13.8. The van der Waals surface area contributed by atoms with Gasteiger partial charge in [-0.2, -0.15) is 16.8 Å². The zero-order valence-electron chi connectivity index (χ0n) is 42.0. The molecular formula is C56H61N9O4S2. The first kappa shape index (κ1) is 50.5. The highest BCUT2D eigenvalue weighted by Gasteiger charge is 2.27. The van der Waals surface area contributed by atoms with E-state index < -0.39 is 23.1 Å². The van der Waals surface area contributed by atoms with E-state index in [2.05, 4.69) is 162 Å². The Kier molecular flexibility index (Phi) is 15.7. The molecule has 0 aliphatic heterocycles. The Morgan fingerprint density at radius 1 is 0.451 bits per heavy atom. The van der Waals surface area contributed by atoms with Crippen LogP contribution in [-0.4, -0.2) is 60.4 Å².